The molecule has 0 saturated carbocycles. The minimum absolute atomic E-state index is 0.0915. The Balaban J connectivity index is 2.40. The summed E-state index contributed by atoms with van der Waals surface area (Å²) < 4.78 is 1.48. The van der Waals surface area contributed by atoms with Crippen LogP contribution in [0.1, 0.15) is 13.8 Å². The van der Waals surface area contributed by atoms with Gasteiger partial charge < -0.3 is 5.11 Å². The summed E-state index contributed by atoms with van der Waals surface area (Å²) in [5.41, 5.74) is 1.52. The summed E-state index contributed by atoms with van der Waals surface area (Å²) in [6.45, 7) is 4.69. The normalized spacial score (nSPS) is 10.8. The summed E-state index contributed by atoms with van der Waals surface area (Å²) in [5, 5.41) is 13.6. The van der Waals surface area contributed by atoms with Crippen LogP contribution in [0, 0.1) is 5.92 Å². The van der Waals surface area contributed by atoms with Crippen molar-refractivity contribution in [2.45, 2.75) is 20.4 Å². The number of nitrogens with zero attached hydrogens (tertiary/aromatic N) is 2. The molecule has 2 aromatic rings. The first-order valence-electron chi connectivity index (χ1n) is 5.94. The quantitative estimate of drug-likeness (QED) is 0.901. The van der Waals surface area contributed by atoms with Gasteiger partial charge in [0.25, 0.3) is 5.56 Å². The smallest absolute Gasteiger partial charge is 0.266 e. The first-order valence-corrected chi connectivity index (χ1v) is 5.94. The Hall–Kier alpha value is -2.10. The first-order chi connectivity index (χ1) is 8.56. The fraction of sp³-hybridized carbons (Fsp3) is 0.286. The SMILES string of the molecule is CC(C)Cn1nc(-c2ccc(O)cc2)ccc1=O. The van der Waals surface area contributed by atoms with Crippen LogP contribution in [0.2, 0.25) is 0 Å². The van der Waals surface area contributed by atoms with Gasteiger partial charge in [-0.2, -0.15) is 5.10 Å². The van der Waals surface area contributed by atoms with E-state index in [9.17, 15) is 9.90 Å². The van der Waals surface area contributed by atoms with E-state index in [0.717, 1.165) is 11.3 Å². The molecule has 4 heteroatoms. The number of rotatable bonds is 3. The first kappa shape index (κ1) is 12.4. The van der Waals surface area contributed by atoms with Crippen LogP contribution in [-0.4, -0.2) is 14.9 Å². The Bertz CT molecular complexity index is 585. The maximum Gasteiger partial charge on any atom is 0.266 e. The van der Waals surface area contributed by atoms with Crippen molar-refractivity contribution in [2.24, 2.45) is 5.92 Å². The molecule has 0 aliphatic rings. The Labute approximate surface area is 106 Å². The Morgan fingerprint density at radius 2 is 1.83 bits per heavy atom. The molecule has 0 radical (unpaired) electrons. The van der Waals surface area contributed by atoms with Gasteiger partial charge in [0.2, 0.25) is 0 Å². The van der Waals surface area contributed by atoms with Crippen molar-refractivity contribution in [3.63, 3.8) is 0 Å². The zero-order valence-electron chi connectivity index (χ0n) is 10.5. The lowest BCUT2D eigenvalue weighted by molar-refractivity contribution is 0.465. The van der Waals surface area contributed by atoms with Gasteiger partial charge in [0.05, 0.1) is 5.69 Å². The Morgan fingerprint density at radius 1 is 1.17 bits per heavy atom. The molecular formula is C14H16N2O2. The molecule has 1 heterocycles. The topological polar surface area (TPSA) is 55.1 Å². The van der Waals surface area contributed by atoms with E-state index < -0.39 is 0 Å². The third-order valence-electron chi connectivity index (χ3n) is 2.57. The van der Waals surface area contributed by atoms with Crippen molar-refractivity contribution in [3.8, 4) is 17.0 Å². The number of phenols is 1. The van der Waals surface area contributed by atoms with Crippen LogP contribution in [0.3, 0.4) is 0 Å². The number of benzene rings is 1. The molecule has 0 bridgehead atoms. The third kappa shape index (κ3) is 2.77. The van der Waals surface area contributed by atoms with Crippen molar-refractivity contribution in [1.82, 2.24) is 9.78 Å². The van der Waals surface area contributed by atoms with E-state index in [4.69, 9.17) is 0 Å². The molecule has 1 N–H and O–H groups in total. The van der Waals surface area contributed by atoms with Crippen molar-refractivity contribution in [2.75, 3.05) is 0 Å². The van der Waals surface area contributed by atoms with E-state index in [2.05, 4.69) is 5.10 Å². The van der Waals surface area contributed by atoms with Gasteiger partial charge >= 0.3 is 0 Å². The molecule has 0 fully saturated rings. The van der Waals surface area contributed by atoms with Crippen molar-refractivity contribution in [1.29, 1.82) is 0 Å². The Kier molecular flexibility index (Phi) is 3.46. The van der Waals surface area contributed by atoms with Crippen molar-refractivity contribution < 1.29 is 5.11 Å². The number of aromatic nitrogens is 2. The van der Waals surface area contributed by atoms with Crippen LogP contribution in [-0.2, 0) is 6.54 Å². The summed E-state index contributed by atoms with van der Waals surface area (Å²) in [5.74, 6) is 0.583. The molecular weight excluding hydrogens is 228 g/mol. The lowest BCUT2D eigenvalue weighted by Crippen LogP contribution is -2.24. The molecule has 18 heavy (non-hydrogen) atoms. The van der Waals surface area contributed by atoms with Gasteiger partial charge in [-0.05, 0) is 36.2 Å². The van der Waals surface area contributed by atoms with Gasteiger partial charge in [0, 0.05) is 18.2 Å². The van der Waals surface area contributed by atoms with Gasteiger partial charge in [0.1, 0.15) is 5.75 Å². The van der Waals surface area contributed by atoms with E-state index >= 15 is 0 Å². The fourth-order valence-corrected chi connectivity index (χ4v) is 1.71. The number of hydrogen-bond donors (Lipinski definition) is 1. The second-order valence-electron chi connectivity index (χ2n) is 4.68. The van der Waals surface area contributed by atoms with E-state index in [0.29, 0.717) is 12.5 Å². The Morgan fingerprint density at radius 3 is 2.44 bits per heavy atom. The predicted molar refractivity (Wildman–Crippen MR) is 70.4 cm³/mol. The molecule has 2 rings (SSSR count). The summed E-state index contributed by atoms with van der Waals surface area (Å²) in [6, 6.07) is 10.00. The van der Waals surface area contributed by atoms with E-state index in [-0.39, 0.29) is 11.3 Å². The lowest BCUT2D eigenvalue weighted by Gasteiger charge is -2.09. The molecule has 0 unspecified atom stereocenters. The van der Waals surface area contributed by atoms with Gasteiger partial charge in [-0.1, -0.05) is 13.8 Å². The predicted octanol–water partition coefficient (Wildman–Crippen LogP) is 2.27. The van der Waals surface area contributed by atoms with Crippen LogP contribution in [0.15, 0.2) is 41.2 Å². The highest BCUT2D eigenvalue weighted by atomic mass is 16.3. The van der Waals surface area contributed by atoms with Gasteiger partial charge in [-0.15, -0.1) is 0 Å². The van der Waals surface area contributed by atoms with Crippen molar-refractivity contribution in [3.05, 3.63) is 46.8 Å². The highest BCUT2D eigenvalue weighted by molar-refractivity contribution is 5.59. The largest absolute Gasteiger partial charge is 0.508 e. The molecule has 0 aliphatic heterocycles. The van der Waals surface area contributed by atoms with Crippen molar-refractivity contribution >= 4 is 0 Å². The molecule has 0 spiro atoms. The molecule has 0 aliphatic carbocycles. The third-order valence-corrected chi connectivity index (χ3v) is 2.57. The summed E-state index contributed by atoms with van der Waals surface area (Å²) >= 11 is 0. The average Bonchev–Trinajstić information content (AvgIpc) is 2.32. The average molecular weight is 244 g/mol. The highest BCUT2D eigenvalue weighted by Gasteiger charge is 2.05. The van der Waals surface area contributed by atoms with Crippen LogP contribution >= 0.6 is 0 Å². The second-order valence-corrected chi connectivity index (χ2v) is 4.68. The van der Waals surface area contributed by atoms with Crippen LogP contribution < -0.4 is 5.56 Å². The fourth-order valence-electron chi connectivity index (χ4n) is 1.71. The zero-order valence-corrected chi connectivity index (χ0v) is 10.5. The van der Waals surface area contributed by atoms with Crippen LogP contribution in [0.5, 0.6) is 5.75 Å². The lowest BCUT2D eigenvalue weighted by atomic mass is 10.1. The molecule has 0 atom stereocenters. The molecule has 1 aromatic heterocycles. The van der Waals surface area contributed by atoms with Crippen LogP contribution in [0.4, 0.5) is 0 Å². The number of hydrogen-bond acceptors (Lipinski definition) is 3. The second kappa shape index (κ2) is 5.04. The maximum absolute atomic E-state index is 11.7. The molecule has 4 nitrogen and oxygen atoms in total. The molecule has 94 valence electrons. The zero-order chi connectivity index (χ0) is 13.1. The summed E-state index contributed by atoms with van der Waals surface area (Å²) in [7, 11) is 0. The van der Waals surface area contributed by atoms with E-state index in [1.54, 1.807) is 30.3 Å². The monoisotopic (exact) mass is 244 g/mol. The maximum atomic E-state index is 11.7. The van der Waals surface area contributed by atoms with Gasteiger partial charge in [0.15, 0.2) is 0 Å². The summed E-state index contributed by atoms with van der Waals surface area (Å²) in [4.78, 5) is 11.7. The van der Waals surface area contributed by atoms with Gasteiger partial charge in [-0.25, -0.2) is 4.68 Å². The van der Waals surface area contributed by atoms with E-state index in [1.807, 2.05) is 13.8 Å². The van der Waals surface area contributed by atoms with Crippen LogP contribution in [0.25, 0.3) is 11.3 Å². The minimum atomic E-state index is -0.0915. The standard InChI is InChI=1S/C14H16N2O2/c1-10(2)9-16-14(18)8-7-13(15-16)11-3-5-12(17)6-4-11/h3-8,10,17H,9H2,1-2H3. The van der Waals surface area contributed by atoms with Gasteiger partial charge in [-0.3, -0.25) is 4.79 Å². The number of aromatic hydroxyl groups is 1. The molecule has 0 saturated heterocycles. The number of phenolic OH excluding ortho intramolecular Hbond substituents is 1. The summed E-state index contributed by atoms with van der Waals surface area (Å²) in [6.07, 6.45) is 0. The minimum Gasteiger partial charge on any atom is -0.508 e. The highest BCUT2D eigenvalue weighted by Crippen LogP contribution is 2.18. The molecule has 1 aromatic carbocycles. The van der Waals surface area contributed by atoms with E-state index in [1.165, 1.54) is 10.7 Å². The molecule has 0 amide bonds.